The molecule has 2 aromatic carbocycles. The Morgan fingerprint density at radius 3 is 2.74 bits per heavy atom. The number of nitrogens with zero attached hydrogens (tertiary/aromatic N) is 6. The van der Waals surface area contributed by atoms with Crippen LogP contribution < -0.4 is 10.2 Å². The van der Waals surface area contributed by atoms with Crippen LogP contribution in [-0.4, -0.2) is 58.6 Å². The second-order valence-corrected chi connectivity index (χ2v) is 10.3. The molecule has 0 bridgehead atoms. The molecule has 1 aliphatic heterocycles. The first kappa shape index (κ1) is 25.7. The topological polar surface area (TPSA) is 92.4 Å². The highest BCUT2D eigenvalue weighted by Gasteiger charge is 2.22. The third-order valence-corrected chi connectivity index (χ3v) is 7.39. The van der Waals surface area contributed by atoms with E-state index in [9.17, 15) is 10.1 Å². The fourth-order valence-corrected chi connectivity index (χ4v) is 5.26. The second kappa shape index (κ2) is 10.4. The standard InChI is InChI=1S/C29H35N7O2/c1-6-20-17-30-29(32-27(20)23-18-35-12-8-10-21-9-7-11-22(23)28(21)35)31-24-16-26(36(37)38)25(15-19(24)2)34(5)14-13-33(3)4/h7,9,11,15-18H,6,8,10,12-14H2,1-5H3,(H,30,31,32). The van der Waals surface area contributed by atoms with Crippen molar-refractivity contribution in [3.8, 4) is 11.3 Å². The van der Waals surface area contributed by atoms with Crippen LogP contribution in [0, 0.1) is 17.0 Å². The van der Waals surface area contributed by atoms with Gasteiger partial charge in [-0.2, -0.15) is 0 Å². The Morgan fingerprint density at radius 1 is 1.18 bits per heavy atom. The highest BCUT2D eigenvalue weighted by molar-refractivity contribution is 5.98. The van der Waals surface area contributed by atoms with Gasteiger partial charge in [-0.15, -0.1) is 0 Å². The van der Waals surface area contributed by atoms with E-state index in [1.807, 2.05) is 45.2 Å². The van der Waals surface area contributed by atoms with Crippen molar-refractivity contribution in [2.75, 3.05) is 44.4 Å². The van der Waals surface area contributed by atoms with Crippen LogP contribution in [0.5, 0.6) is 0 Å². The lowest BCUT2D eigenvalue weighted by atomic mass is 10.0. The van der Waals surface area contributed by atoms with Gasteiger partial charge in [0.1, 0.15) is 5.69 Å². The number of benzene rings is 2. The van der Waals surface area contributed by atoms with Gasteiger partial charge in [0.25, 0.3) is 5.69 Å². The van der Waals surface area contributed by atoms with Crippen LogP contribution in [0.4, 0.5) is 23.0 Å². The quantitative estimate of drug-likeness (QED) is 0.231. The van der Waals surface area contributed by atoms with Crippen molar-refractivity contribution in [1.29, 1.82) is 0 Å². The van der Waals surface area contributed by atoms with E-state index < -0.39 is 0 Å². The highest BCUT2D eigenvalue weighted by atomic mass is 16.6. The van der Waals surface area contributed by atoms with Gasteiger partial charge >= 0.3 is 0 Å². The number of hydrogen-bond acceptors (Lipinski definition) is 7. The van der Waals surface area contributed by atoms with Crippen LogP contribution >= 0.6 is 0 Å². The highest BCUT2D eigenvalue weighted by Crippen LogP contribution is 2.37. The van der Waals surface area contributed by atoms with Gasteiger partial charge in [0.2, 0.25) is 5.95 Å². The number of nitro groups is 1. The minimum absolute atomic E-state index is 0.0544. The summed E-state index contributed by atoms with van der Waals surface area (Å²) in [6.45, 7) is 6.53. The molecule has 0 fully saturated rings. The summed E-state index contributed by atoms with van der Waals surface area (Å²) in [6, 6.07) is 9.97. The van der Waals surface area contributed by atoms with Gasteiger partial charge < -0.3 is 19.7 Å². The molecule has 3 heterocycles. The van der Waals surface area contributed by atoms with Gasteiger partial charge in [0.05, 0.1) is 21.8 Å². The molecule has 0 aliphatic carbocycles. The monoisotopic (exact) mass is 513 g/mol. The number of aromatic nitrogens is 3. The summed E-state index contributed by atoms with van der Waals surface area (Å²) in [5.74, 6) is 0.426. The molecule has 5 rings (SSSR count). The van der Waals surface area contributed by atoms with Crippen molar-refractivity contribution >= 4 is 33.9 Å². The van der Waals surface area contributed by atoms with Crippen molar-refractivity contribution in [3.05, 3.63) is 69.5 Å². The lowest BCUT2D eigenvalue weighted by Gasteiger charge is -2.22. The molecule has 0 amide bonds. The number of hydrogen-bond donors (Lipinski definition) is 1. The number of para-hydroxylation sites is 1. The van der Waals surface area contributed by atoms with Gasteiger partial charge in [-0.3, -0.25) is 10.1 Å². The summed E-state index contributed by atoms with van der Waals surface area (Å²) < 4.78 is 2.34. The summed E-state index contributed by atoms with van der Waals surface area (Å²) in [5.41, 5.74) is 7.91. The first-order valence-corrected chi connectivity index (χ1v) is 13.2. The van der Waals surface area contributed by atoms with Gasteiger partial charge in [0.15, 0.2) is 0 Å². The molecule has 9 heteroatoms. The summed E-state index contributed by atoms with van der Waals surface area (Å²) >= 11 is 0. The van der Waals surface area contributed by atoms with Crippen LogP contribution in [0.15, 0.2) is 42.7 Å². The Kier molecular flexibility index (Phi) is 7.03. The minimum Gasteiger partial charge on any atom is -0.368 e. The number of likely N-dealkylation sites (N-methyl/N-ethyl adjacent to an activating group) is 2. The van der Waals surface area contributed by atoms with E-state index in [4.69, 9.17) is 4.98 Å². The van der Waals surface area contributed by atoms with E-state index in [0.717, 1.165) is 54.7 Å². The Hall–Kier alpha value is -3.98. The zero-order chi connectivity index (χ0) is 27.0. The molecule has 0 spiro atoms. The smallest absolute Gasteiger partial charge is 0.294 e. The van der Waals surface area contributed by atoms with Gasteiger partial charge in [0, 0.05) is 56.1 Å². The molecule has 198 valence electrons. The summed E-state index contributed by atoms with van der Waals surface area (Å²) in [6.07, 6.45) is 7.12. The van der Waals surface area contributed by atoms with E-state index >= 15 is 0 Å². The number of anilines is 3. The lowest BCUT2D eigenvalue weighted by molar-refractivity contribution is -0.384. The van der Waals surface area contributed by atoms with Gasteiger partial charge in [-0.1, -0.05) is 25.1 Å². The molecular formula is C29H35N7O2. The fourth-order valence-electron chi connectivity index (χ4n) is 5.26. The maximum atomic E-state index is 12.0. The largest absolute Gasteiger partial charge is 0.368 e. The number of aryl methyl sites for hydroxylation is 4. The molecule has 0 saturated carbocycles. The zero-order valence-electron chi connectivity index (χ0n) is 22.8. The van der Waals surface area contributed by atoms with Crippen molar-refractivity contribution in [3.63, 3.8) is 0 Å². The molecular weight excluding hydrogens is 478 g/mol. The van der Waals surface area contributed by atoms with Crippen LogP contribution in [0.2, 0.25) is 0 Å². The first-order chi connectivity index (χ1) is 18.3. The third kappa shape index (κ3) is 4.81. The predicted molar refractivity (Wildman–Crippen MR) is 154 cm³/mol. The molecule has 1 aliphatic rings. The fraction of sp³-hybridized carbons (Fsp3) is 0.379. The number of rotatable bonds is 9. The van der Waals surface area contributed by atoms with Crippen molar-refractivity contribution in [2.45, 2.75) is 39.7 Å². The van der Waals surface area contributed by atoms with Crippen LogP contribution in [0.1, 0.15) is 30.0 Å². The molecule has 9 nitrogen and oxygen atoms in total. The molecule has 0 unspecified atom stereocenters. The van der Waals surface area contributed by atoms with E-state index in [1.165, 1.54) is 16.5 Å². The molecule has 4 aromatic rings. The second-order valence-electron chi connectivity index (χ2n) is 10.3. The minimum atomic E-state index is -0.327. The van der Waals surface area contributed by atoms with Gasteiger partial charge in [-0.25, -0.2) is 9.97 Å². The molecule has 0 radical (unpaired) electrons. The molecule has 1 N–H and O–H groups in total. The molecule has 0 saturated heterocycles. The van der Waals surface area contributed by atoms with Crippen molar-refractivity contribution in [1.82, 2.24) is 19.4 Å². The average molecular weight is 514 g/mol. The molecule has 0 atom stereocenters. The van der Waals surface area contributed by atoms with Crippen molar-refractivity contribution < 1.29 is 4.92 Å². The lowest BCUT2D eigenvalue weighted by Crippen LogP contribution is -2.29. The summed E-state index contributed by atoms with van der Waals surface area (Å²) in [7, 11) is 5.86. The summed E-state index contributed by atoms with van der Waals surface area (Å²) in [5, 5.41) is 16.5. The molecule has 2 aromatic heterocycles. The first-order valence-electron chi connectivity index (χ1n) is 13.2. The number of nitro benzene ring substituents is 1. The Labute approximate surface area is 223 Å². The van der Waals surface area contributed by atoms with E-state index in [1.54, 1.807) is 6.07 Å². The van der Waals surface area contributed by atoms with E-state index in [2.05, 4.69) is 51.1 Å². The number of nitrogens with one attached hydrogen (secondary N) is 1. The maximum absolute atomic E-state index is 12.0. The van der Waals surface area contributed by atoms with Crippen molar-refractivity contribution in [2.24, 2.45) is 0 Å². The Bertz CT molecular complexity index is 1510. The van der Waals surface area contributed by atoms with E-state index in [0.29, 0.717) is 23.9 Å². The Morgan fingerprint density at radius 2 is 2.00 bits per heavy atom. The van der Waals surface area contributed by atoms with Crippen LogP contribution in [0.3, 0.4) is 0 Å². The van der Waals surface area contributed by atoms with Gasteiger partial charge in [-0.05, 0) is 63.0 Å². The Balaban J connectivity index is 1.53. The predicted octanol–water partition coefficient (Wildman–Crippen LogP) is 5.56. The van der Waals surface area contributed by atoms with E-state index in [-0.39, 0.29) is 10.6 Å². The van der Waals surface area contributed by atoms with Crippen LogP contribution in [-0.2, 0) is 19.4 Å². The maximum Gasteiger partial charge on any atom is 0.294 e. The normalized spacial score (nSPS) is 12.8. The third-order valence-electron chi connectivity index (χ3n) is 7.39. The average Bonchev–Trinajstić information content (AvgIpc) is 3.28. The summed E-state index contributed by atoms with van der Waals surface area (Å²) in [4.78, 5) is 25.2. The molecule has 38 heavy (non-hydrogen) atoms. The van der Waals surface area contributed by atoms with Crippen LogP contribution in [0.25, 0.3) is 22.2 Å². The SMILES string of the molecule is CCc1cnc(Nc2cc([N+](=O)[O-])c(N(C)CCN(C)C)cc2C)nc1-c1cn2c3c(cccc13)CCC2. The zero-order valence-corrected chi connectivity index (χ0v) is 22.8.